The van der Waals surface area contributed by atoms with E-state index in [1.807, 2.05) is 24.3 Å². The second-order valence-corrected chi connectivity index (χ2v) is 10.1. The Balaban J connectivity index is 1.55. The first-order chi connectivity index (χ1) is 16.3. The molecule has 2 aromatic carbocycles. The molecule has 1 fully saturated rings. The van der Waals surface area contributed by atoms with E-state index < -0.39 is 5.92 Å². The lowest BCUT2D eigenvalue weighted by atomic mass is 9.72. The van der Waals surface area contributed by atoms with E-state index >= 15 is 0 Å². The molecule has 1 saturated heterocycles. The summed E-state index contributed by atoms with van der Waals surface area (Å²) in [5, 5.41) is 0. The number of benzene rings is 2. The second-order valence-electron chi connectivity index (χ2n) is 10.1. The lowest BCUT2D eigenvalue weighted by Crippen LogP contribution is -2.44. The van der Waals surface area contributed by atoms with Gasteiger partial charge in [0.05, 0.1) is 24.8 Å². The van der Waals surface area contributed by atoms with Crippen molar-refractivity contribution in [1.82, 2.24) is 4.90 Å². The van der Waals surface area contributed by atoms with Crippen molar-refractivity contribution in [2.45, 2.75) is 26.2 Å². The Kier molecular flexibility index (Phi) is 4.64. The van der Waals surface area contributed by atoms with E-state index in [0.29, 0.717) is 65.9 Å². The monoisotopic (exact) mass is 454 g/mol. The summed E-state index contributed by atoms with van der Waals surface area (Å²) < 4.78 is 11.9. The molecule has 0 aromatic heterocycles. The fourth-order valence-corrected chi connectivity index (χ4v) is 5.07. The number of nitrogens with zero attached hydrogens (tertiary/aromatic N) is 2. The minimum Gasteiger partial charge on any atom is -0.453 e. The predicted octanol–water partition coefficient (Wildman–Crippen LogP) is 4.63. The summed E-state index contributed by atoms with van der Waals surface area (Å²) in [6.45, 7) is 8.90. The summed E-state index contributed by atoms with van der Waals surface area (Å²) in [6.07, 6.45) is 1.89. The topological polar surface area (TPSA) is 68.2 Å². The van der Waals surface area contributed by atoms with Gasteiger partial charge in [-0.3, -0.25) is 9.59 Å². The van der Waals surface area contributed by atoms with Crippen LogP contribution in [-0.4, -0.2) is 48.5 Å². The molecule has 2 aliphatic carbocycles. The number of allylic oxidation sites excluding steroid dienone is 3. The van der Waals surface area contributed by atoms with Gasteiger partial charge in [0, 0.05) is 41.6 Å². The first-order valence-electron chi connectivity index (χ1n) is 11.7. The zero-order valence-corrected chi connectivity index (χ0v) is 19.6. The van der Waals surface area contributed by atoms with Crippen LogP contribution < -0.4 is 4.74 Å². The van der Waals surface area contributed by atoms with Crippen molar-refractivity contribution < 1.29 is 19.1 Å². The molecule has 1 atom stereocenters. The van der Waals surface area contributed by atoms with Crippen molar-refractivity contribution in [1.29, 1.82) is 0 Å². The van der Waals surface area contributed by atoms with E-state index in [1.54, 1.807) is 24.3 Å². The Bertz CT molecular complexity index is 1340. The van der Waals surface area contributed by atoms with Crippen LogP contribution in [-0.2, 0) is 10.2 Å². The van der Waals surface area contributed by atoms with Gasteiger partial charge in [-0.2, -0.15) is 0 Å². The van der Waals surface area contributed by atoms with Gasteiger partial charge in [0.25, 0.3) is 0 Å². The van der Waals surface area contributed by atoms with Crippen LogP contribution in [0.25, 0.3) is 0 Å². The molecular weight excluding hydrogens is 428 g/mol. The third kappa shape index (κ3) is 3.16. The lowest BCUT2D eigenvalue weighted by molar-refractivity contribution is 0.0539. The molecule has 4 aliphatic rings. The number of hydrogen-bond acceptors (Lipinski definition) is 6. The highest BCUT2D eigenvalue weighted by atomic mass is 16.5. The number of rotatable bonds is 1. The van der Waals surface area contributed by atoms with Gasteiger partial charge in [0.2, 0.25) is 0 Å². The highest BCUT2D eigenvalue weighted by Crippen LogP contribution is 2.45. The Morgan fingerprint density at radius 1 is 1.00 bits per heavy atom. The van der Waals surface area contributed by atoms with Crippen LogP contribution >= 0.6 is 0 Å². The summed E-state index contributed by atoms with van der Waals surface area (Å²) in [5.74, 6) is 0.194. The number of fused-ring (bicyclic) bond motifs is 5. The van der Waals surface area contributed by atoms with Crippen molar-refractivity contribution in [2.24, 2.45) is 10.9 Å². The zero-order valence-electron chi connectivity index (χ0n) is 19.6. The van der Waals surface area contributed by atoms with Gasteiger partial charge in [-0.15, -0.1) is 0 Å². The molecule has 1 unspecified atom stereocenters. The standard InChI is InChI=1S/C28H26N2O4/c1-28(2,3)16-8-9-19-21(14-16)34-22-15-20(30-10-12-33-13-11-30)23-24(25(22)29-19)27(32)18-7-5-4-6-17(18)26(23)31/h4-9,14-15,24H,10-13H2,1-3H3. The quantitative estimate of drug-likeness (QED) is 0.629. The van der Waals surface area contributed by atoms with Crippen molar-refractivity contribution in [3.05, 3.63) is 82.3 Å². The maximum Gasteiger partial charge on any atom is 0.192 e. The summed E-state index contributed by atoms with van der Waals surface area (Å²) in [4.78, 5) is 34.5. The van der Waals surface area contributed by atoms with Crippen LogP contribution in [0.4, 0.5) is 5.69 Å². The zero-order chi connectivity index (χ0) is 23.6. The molecule has 6 nitrogen and oxygen atoms in total. The molecule has 0 N–H and O–H groups in total. The number of carbonyl (C=O) groups is 2. The molecule has 0 saturated carbocycles. The average molecular weight is 455 g/mol. The fourth-order valence-electron chi connectivity index (χ4n) is 5.07. The first-order valence-corrected chi connectivity index (χ1v) is 11.7. The predicted molar refractivity (Wildman–Crippen MR) is 129 cm³/mol. The number of ketones is 2. The highest BCUT2D eigenvalue weighted by molar-refractivity contribution is 6.33. The van der Waals surface area contributed by atoms with Crippen LogP contribution in [0.15, 0.2) is 70.6 Å². The SMILES string of the molecule is CC(C)(C)c1ccc2c(c1)OC1=CC(N3CCOCC3)=C3C(=O)c4ccccc4C(=O)C3C1=N2. The lowest BCUT2D eigenvalue weighted by Gasteiger charge is -2.38. The van der Waals surface area contributed by atoms with Gasteiger partial charge >= 0.3 is 0 Å². The smallest absolute Gasteiger partial charge is 0.192 e. The number of hydrogen-bond donors (Lipinski definition) is 0. The molecule has 6 rings (SSSR count). The maximum absolute atomic E-state index is 13.8. The molecule has 0 amide bonds. The van der Waals surface area contributed by atoms with Gasteiger partial charge in [-0.05, 0) is 23.1 Å². The van der Waals surface area contributed by atoms with E-state index in [9.17, 15) is 9.59 Å². The van der Waals surface area contributed by atoms with Gasteiger partial charge in [0.1, 0.15) is 5.69 Å². The molecule has 0 spiro atoms. The highest BCUT2D eigenvalue weighted by Gasteiger charge is 2.47. The van der Waals surface area contributed by atoms with Crippen LogP contribution in [0.3, 0.4) is 0 Å². The molecule has 6 heteroatoms. The van der Waals surface area contributed by atoms with Crippen LogP contribution in [0.1, 0.15) is 47.1 Å². The summed E-state index contributed by atoms with van der Waals surface area (Å²) >= 11 is 0. The van der Waals surface area contributed by atoms with Crippen LogP contribution in [0.2, 0.25) is 0 Å². The summed E-state index contributed by atoms with van der Waals surface area (Å²) in [5.41, 5.74) is 4.42. The largest absolute Gasteiger partial charge is 0.453 e. The third-order valence-electron chi connectivity index (χ3n) is 6.94. The van der Waals surface area contributed by atoms with E-state index in [2.05, 4.69) is 25.7 Å². The van der Waals surface area contributed by atoms with Crippen LogP contribution in [0.5, 0.6) is 5.75 Å². The van der Waals surface area contributed by atoms with E-state index in [1.165, 1.54) is 0 Å². The Morgan fingerprint density at radius 3 is 2.47 bits per heavy atom. The molecule has 0 radical (unpaired) electrons. The molecular formula is C28H26N2O4. The molecule has 2 aliphatic heterocycles. The third-order valence-corrected chi connectivity index (χ3v) is 6.94. The molecule has 172 valence electrons. The van der Waals surface area contributed by atoms with Crippen LogP contribution in [0, 0.1) is 5.92 Å². The number of Topliss-reactive ketones (excluding diaryl/α,β-unsaturated/α-hetero) is 2. The van der Waals surface area contributed by atoms with Crippen molar-refractivity contribution in [3.8, 4) is 5.75 Å². The number of carbonyl (C=O) groups excluding carboxylic acids is 2. The first kappa shape index (κ1) is 21.1. The molecule has 2 aromatic rings. The number of aliphatic imine (C=N–C) groups is 1. The van der Waals surface area contributed by atoms with Gasteiger partial charge < -0.3 is 14.4 Å². The normalized spacial score (nSPS) is 21.6. The van der Waals surface area contributed by atoms with E-state index in [4.69, 9.17) is 14.5 Å². The minimum absolute atomic E-state index is 0.0369. The summed E-state index contributed by atoms with van der Waals surface area (Å²) in [7, 11) is 0. The van der Waals surface area contributed by atoms with Crippen molar-refractivity contribution >= 4 is 23.0 Å². The number of morpholine rings is 1. The fraction of sp³-hybridized carbons (Fsp3) is 0.321. The average Bonchev–Trinajstić information content (AvgIpc) is 2.84. The van der Waals surface area contributed by atoms with Gasteiger partial charge in [-0.25, -0.2) is 4.99 Å². The van der Waals surface area contributed by atoms with Crippen molar-refractivity contribution in [2.75, 3.05) is 26.3 Å². The summed E-state index contributed by atoms with van der Waals surface area (Å²) in [6, 6.07) is 13.1. The van der Waals surface area contributed by atoms with Crippen molar-refractivity contribution in [3.63, 3.8) is 0 Å². The molecule has 34 heavy (non-hydrogen) atoms. The Hall–Kier alpha value is -3.51. The molecule has 2 heterocycles. The maximum atomic E-state index is 13.8. The Morgan fingerprint density at radius 2 is 1.74 bits per heavy atom. The minimum atomic E-state index is -0.782. The number of ether oxygens (including phenoxy) is 2. The Labute approximate surface area is 198 Å². The van der Waals surface area contributed by atoms with E-state index in [0.717, 1.165) is 11.3 Å². The van der Waals surface area contributed by atoms with Gasteiger partial charge in [0.15, 0.2) is 23.1 Å². The van der Waals surface area contributed by atoms with Gasteiger partial charge in [-0.1, -0.05) is 51.1 Å². The van der Waals surface area contributed by atoms with E-state index in [-0.39, 0.29) is 17.0 Å². The molecule has 0 bridgehead atoms. The second kappa shape index (κ2) is 7.50.